The van der Waals surface area contributed by atoms with Crippen LogP contribution in [0.4, 0.5) is 23.8 Å². The minimum absolute atomic E-state index is 0.0484. The van der Waals surface area contributed by atoms with Gasteiger partial charge in [-0.2, -0.15) is 13.2 Å². The molecule has 0 aliphatic rings. The van der Waals surface area contributed by atoms with E-state index in [1.165, 1.54) is 0 Å². The number of hydrogen-bond donors (Lipinski definition) is 2. The second-order valence-electron chi connectivity index (χ2n) is 3.02. The highest BCUT2D eigenvalue weighted by atomic mass is 19.4. The largest absolute Gasteiger partial charge is 0.448 e. The zero-order valence-electron chi connectivity index (χ0n) is 8.62. The van der Waals surface area contributed by atoms with E-state index in [2.05, 4.69) is 15.0 Å². The van der Waals surface area contributed by atoms with Crippen molar-refractivity contribution in [3.05, 3.63) is 23.9 Å². The van der Waals surface area contributed by atoms with Crippen molar-refractivity contribution in [2.75, 3.05) is 18.5 Å². The SMILES string of the molecule is NC(=O)OCCNc1cc(C(F)(F)F)ccn1. The Morgan fingerprint density at radius 1 is 1.53 bits per heavy atom. The summed E-state index contributed by atoms with van der Waals surface area (Å²) in [5.41, 5.74) is 3.90. The number of alkyl halides is 3. The van der Waals surface area contributed by atoms with Gasteiger partial charge in [0.05, 0.1) is 12.1 Å². The monoisotopic (exact) mass is 249 g/mol. The fourth-order valence-electron chi connectivity index (χ4n) is 1.03. The molecule has 0 saturated heterocycles. The van der Waals surface area contributed by atoms with Gasteiger partial charge in [-0.25, -0.2) is 9.78 Å². The molecule has 1 aromatic heterocycles. The second kappa shape index (κ2) is 5.37. The van der Waals surface area contributed by atoms with E-state index in [4.69, 9.17) is 5.73 Å². The Balaban J connectivity index is 2.52. The smallest absolute Gasteiger partial charge is 0.416 e. The molecular formula is C9H10F3N3O2. The lowest BCUT2D eigenvalue weighted by atomic mass is 10.2. The third-order valence-corrected chi connectivity index (χ3v) is 1.74. The van der Waals surface area contributed by atoms with Gasteiger partial charge in [-0.3, -0.25) is 0 Å². The molecule has 1 aromatic rings. The van der Waals surface area contributed by atoms with Gasteiger partial charge in [0.15, 0.2) is 0 Å². The van der Waals surface area contributed by atoms with Crippen molar-refractivity contribution in [3.63, 3.8) is 0 Å². The summed E-state index contributed by atoms with van der Waals surface area (Å²) in [6, 6.07) is 1.73. The summed E-state index contributed by atoms with van der Waals surface area (Å²) in [5, 5.41) is 2.57. The zero-order chi connectivity index (χ0) is 12.9. The predicted octanol–water partition coefficient (Wildman–Crippen LogP) is 1.61. The lowest BCUT2D eigenvalue weighted by Crippen LogP contribution is -2.18. The standard InChI is InChI=1S/C9H10F3N3O2/c10-9(11,12)6-1-2-14-7(5-6)15-3-4-17-8(13)16/h1-2,5H,3-4H2,(H2,13,16)(H,14,15). The van der Waals surface area contributed by atoms with Crippen LogP contribution in [0.15, 0.2) is 18.3 Å². The third kappa shape index (κ3) is 4.58. The van der Waals surface area contributed by atoms with E-state index in [1.54, 1.807) is 0 Å². The van der Waals surface area contributed by atoms with E-state index in [0.29, 0.717) is 0 Å². The number of anilines is 1. The molecule has 1 amide bonds. The van der Waals surface area contributed by atoms with Crippen LogP contribution in [0.1, 0.15) is 5.56 Å². The van der Waals surface area contributed by atoms with Crippen molar-refractivity contribution in [1.82, 2.24) is 4.98 Å². The van der Waals surface area contributed by atoms with Crippen molar-refractivity contribution in [3.8, 4) is 0 Å². The molecule has 1 rings (SSSR count). The number of carbonyl (C=O) groups excluding carboxylic acids is 1. The normalized spacial score (nSPS) is 11.0. The molecular weight excluding hydrogens is 239 g/mol. The number of nitrogens with two attached hydrogens (primary N) is 1. The van der Waals surface area contributed by atoms with Gasteiger partial charge in [-0.1, -0.05) is 0 Å². The minimum atomic E-state index is -4.41. The van der Waals surface area contributed by atoms with Gasteiger partial charge < -0.3 is 15.8 Å². The number of primary amides is 1. The van der Waals surface area contributed by atoms with Gasteiger partial charge in [0, 0.05) is 6.20 Å². The van der Waals surface area contributed by atoms with Crippen molar-refractivity contribution in [1.29, 1.82) is 0 Å². The van der Waals surface area contributed by atoms with Gasteiger partial charge in [0.2, 0.25) is 0 Å². The topological polar surface area (TPSA) is 77.2 Å². The molecule has 0 aromatic carbocycles. The first-order chi connectivity index (χ1) is 7.89. The lowest BCUT2D eigenvalue weighted by Gasteiger charge is -2.09. The maximum atomic E-state index is 12.3. The molecule has 0 spiro atoms. The van der Waals surface area contributed by atoms with Crippen LogP contribution >= 0.6 is 0 Å². The van der Waals surface area contributed by atoms with E-state index < -0.39 is 17.8 Å². The Hall–Kier alpha value is -1.99. The molecule has 94 valence electrons. The first-order valence-electron chi connectivity index (χ1n) is 4.59. The summed E-state index contributed by atoms with van der Waals surface area (Å²) >= 11 is 0. The fraction of sp³-hybridized carbons (Fsp3) is 0.333. The molecule has 0 saturated carbocycles. The summed E-state index contributed by atoms with van der Waals surface area (Å²) < 4.78 is 41.3. The summed E-state index contributed by atoms with van der Waals surface area (Å²) in [6.45, 7) is 0.0739. The molecule has 0 fully saturated rings. The van der Waals surface area contributed by atoms with Gasteiger partial charge in [0.1, 0.15) is 12.4 Å². The van der Waals surface area contributed by atoms with Gasteiger partial charge in [0.25, 0.3) is 0 Å². The van der Waals surface area contributed by atoms with Crippen LogP contribution in [0.25, 0.3) is 0 Å². The number of aromatic nitrogens is 1. The number of hydrogen-bond acceptors (Lipinski definition) is 4. The summed E-state index contributed by atoms with van der Waals surface area (Å²) in [5.74, 6) is 0.0490. The van der Waals surface area contributed by atoms with Crippen LogP contribution in [0, 0.1) is 0 Å². The van der Waals surface area contributed by atoms with Crippen molar-refractivity contribution >= 4 is 11.9 Å². The van der Waals surface area contributed by atoms with Crippen LogP contribution < -0.4 is 11.1 Å². The molecule has 0 bridgehead atoms. The summed E-state index contributed by atoms with van der Waals surface area (Å²) in [6.07, 6.45) is -4.31. The number of rotatable bonds is 4. The molecule has 0 unspecified atom stereocenters. The fourth-order valence-corrected chi connectivity index (χ4v) is 1.03. The number of ether oxygens (including phenoxy) is 1. The first kappa shape index (κ1) is 13.1. The van der Waals surface area contributed by atoms with Gasteiger partial charge in [-0.15, -0.1) is 0 Å². The Bertz CT molecular complexity index is 395. The predicted molar refractivity (Wildman–Crippen MR) is 53.3 cm³/mol. The Kier molecular flexibility index (Phi) is 4.13. The molecule has 0 aliphatic heterocycles. The number of nitrogens with one attached hydrogen (secondary N) is 1. The highest BCUT2D eigenvalue weighted by Crippen LogP contribution is 2.29. The average molecular weight is 249 g/mol. The van der Waals surface area contributed by atoms with Crippen molar-refractivity contribution in [2.45, 2.75) is 6.18 Å². The molecule has 0 atom stereocenters. The first-order valence-corrected chi connectivity index (χ1v) is 4.59. The molecule has 3 N–H and O–H groups in total. The van der Waals surface area contributed by atoms with Crippen LogP contribution in [0.3, 0.4) is 0 Å². The molecule has 0 radical (unpaired) electrons. The number of amides is 1. The molecule has 5 nitrogen and oxygen atoms in total. The number of halogens is 3. The highest BCUT2D eigenvalue weighted by molar-refractivity contribution is 5.64. The van der Waals surface area contributed by atoms with Crippen LogP contribution in [0.5, 0.6) is 0 Å². The maximum Gasteiger partial charge on any atom is 0.416 e. The third-order valence-electron chi connectivity index (χ3n) is 1.74. The Morgan fingerprint density at radius 2 is 2.24 bits per heavy atom. The quantitative estimate of drug-likeness (QED) is 0.794. The summed E-state index contributed by atoms with van der Waals surface area (Å²) in [4.78, 5) is 13.9. The zero-order valence-corrected chi connectivity index (χ0v) is 8.62. The lowest BCUT2D eigenvalue weighted by molar-refractivity contribution is -0.137. The van der Waals surface area contributed by atoms with E-state index >= 15 is 0 Å². The number of nitrogens with zero attached hydrogens (tertiary/aromatic N) is 1. The summed E-state index contributed by atoms with van der Waals surface area (Å²) in [7, 11) is 0. The minimum Gasteiger partial charge on any atom is -0.448 e. The van der Waals surface area contributed by atoms with Crippen LogP contribution in [0.2, 0.25) is 0 Å². The highest BCUT2D eigenvalue weighted by Gasteiger charge is 2.30. The van der Waals surface area contributed by atoms with Gasteiger partial charge >= 0.3 is 12.3 Å². The van der Waals surface area contributed by atoms with E-state index in [0.717, 1.165) is 18.3 Å². The molecule has 1 heterocycles. The Morgan fingerprint density at radius 3 is 2.82 bits per heavy atom. The average Bonchev–Trinajstić information content (AvgIpc) is 2.23. The van der Waals surface area contributed by atoms with Crippen molar-refractivity contribution < 1.29 is 22.7 Å². The van der Waals surface area contributed by atoms with Gasteiger partial charge in [-0.05, 0) is 12.1 Å². The van der Waals surface area contributed by atoms with Crippen LogP contribution in [-0.4, -0.2) is 24.2 Å². The molecule has 17 heavy (non-hydrogen) atoms. The van der Waals surface area contributed by atoms with E-state index in [1.807, 2.05) is 0 Å². The second-order valence-corrected chi connectivity index (χ2v) is 3.02. The van der Waals surface area contributed by atoms with Crippen LogP contribution in [-0.2, 0) is 10.9 Å². The van der Waals surface area contributed by atoms with E-state index in [9.17, 15) is 18.0 Å². The van der Waals surface area contributed by atoms with E-state index in [-0.39, 0.29) is 19.0 Å². The molecule has 0 aliphatic carbocycles. The number of pyridine rings is 1. The number of carbonyl (C=O) groups is 1. The molecule has 8 heteroatoms. The Labute approximate surface area is 94.8 Å². The van der Waals surface area contributed by atoms with Crippen molar-refractivity contribution in [2.24, 2.45) is 5.73 Å². The maximum absolute atomic E-state index is 12.3.